The molecule has 0 aromatic heterocycles. The minimum Gasteiger partial charge on any atom is -0.329 e. The first-order valence-corrected chi connectivity index (χ1v) is 4.42. The molecule has 3 nitrogen and oxygen atoms in total. The van der Waals surface area contributed by atoms with Gasteiger partial charge in [0.2, 0.25) is 0 Å². The van der Waals surface area contributed by atoms with Crippen LogP contribution >= 0.6 is 0 Å². The van der Waals surface area contributed by atoms with Crippen LogP contribution in [-0.2, 0) is 0 Å². The molecule has 66 valence electrons. The second kappa shape index (κ2) is 4.04. The van der Waals surface area contributed by atoms with Crippen molar-refractivity contribution < 1.29 is 0 Å². The Morgan fingerprint density at radius 3 is 2.82 bits per heavy atom. The fraction of sp³-hybridized carbons (Fsp3) is 1.00. The topological polar surface area (TPSA) is 64.1 Å². The van der Waals surface area contributed by atoms with E-state index in [4.69, 9.17) is 11.5 Å². The zero-order chi connectivity index (χ0) is 8.27. The molecule has 11 heavy (non-hydrogen) atoms. The molecule has 3 heteroatoms. The van der Waals surface area contributed by atoms with E-state index in [1.165, 1.54) is 6.42 Å². The summed E-state index contributed by atoms with van der Waals surface area (Å²) in [6.07, 6.45) is 1.26. The van der Waals surface area contributed by atoms with E-state index in [2.05, 4.69) is 12.2 Å². The van der Waals surface area contributed by atoms with Crippen LogP contribution in [0.4, 0.5) is 0 Å². The van der Waals surface area contributed by atoms with Crippen LogP contribution in [0.25, 0.3) is 0 Å². The number of hydrogen-bond acceptors (Lipinski definition) is 3. The van der Waals surface area contributed by atoms with Crippen molar-refractivity contribution in [3.05, 3.63) is 0 Å². The lowest BCUT2D eigenvalue weighted by Crippen LogP contribution is -2.40. The third kappa shape index (κ3) is 2.15. The van der Waals surface area contributed by atoms with Crippen molar-refractivity contribution in [1.82, 2.24) is 5.32 Å². The molecule has 1 aliphatic rings. The summed E-state index contributed by atoms with van der Waals surface area (Å²) in [7, 11) is 0. The molecular weight excluding hydrogens is 138 g/mol. The van der Waals surface area contributed by atoms with Crippen LogP contribution in [0.5, 0.6) is 0 Å². The highest BCUT2D eigenvalue weighted by Gasteiger charge is 2.24. The Bertz CT molecular complexity index is 110. The lowest BCUT2D eigenvalue weighted by atomic mass is 9.87. The average Bonchev–Trinajstić information content (AvgIpc) is 2.53. The molecule has 0 saturated carbocycles. The lowest BCUT2D eigenvalue weighted by molar-refractivity contribution is 0.327. The Morgan fingerprint density at radius 1 is 1.64 bits per heavy atom. The van der Waals surface area contributed by atoms with Gasteiger partial charge in [0.25, 0.3) is 0 Å². The van der Waals surface area contributed by atoms with Gasteiger partial charge in [-0.1, -0.05) is 6.92 Å². The predicted octanol–water partition coefficient (Wildman–Crippen LogP) is -0.482. The smallest absolute Gasteiger partial charge is 0.0192 e. The third-order valence-electron chi connectivity index (χ3n) is 2.79. The van der Waals surface area contributed by atoms with Gasteiger partial charge in [-0.25, -0.2) is 0 Å². The molecule has 3 unspecified atom stereocenters. The molecule has 1 rings (SSSR count). The Hall–Kier alpha value is -0.120. The lowest BCUT2D eigenvalue weighted by Gasteiger charge is -2.23. The van der Waals surface area contributed by atoms with Gasteiger partial charge in [0.05, 0.1) is 0 Å². The maximum atomic E-state index is 5.84. The van der Waals surface area contributed by atoms with E-state index in [1.54, 1.807) is 0 Å². The monoisotopic (exact) mass is 157 g/mol. The van der Waals surface area contributed by atoms with E-state index in [0.29, 0.717) is 12.5 Å². The van der Waals surface area contributed by atoms with Crippen molar-refractivity contribution in [3.63, 3.8) is 0 Å². The standard InChI is InChI=1S/C8H19N3/c1-6(8(10)4-9)7-2-3-11-5-7/h6-8,11H,2-5,9-10H2,1H3. The summed E-state index contributed by atoms with van der Waals surface area (Å²) in [6.45, 7) is 5.08. The summed E-state index contributed by atoms with van der Waals surface area (Å²) in [5.41, 5.74) is 11.3. The van der Waals surface area contributed by atoms with Crippen LogP contribution in [0.2, 0.25) is 0 Å². The highest BCUT2D eigenvalue weighted by atomic mass is 14.9. The van der Waals surface area contributed by atoms with Gasteiger partial charge >= 0.3 is 0 Å². The second-order valence-corrected chi connectivity index (χ2v) is 3.51. The molecule has 0 spiro atoms. The Balaban J connectivity index is 2.32. The van der Waals surface area contributed by atoms with Gasteiger partial charge in [0, 0.05) is 12.6 Å². The van der Waals surface area contributed by atoms with Crippen molar-refractivity contribution >= 4 is 0 Å². The first-order chi connectivity index (χ1) is 5.25. The Morgan fingerprint density at radius 2 is 2.36 bits per heavy atom. The number of nitrogens with one attached hydrogen (secondary N) is 1. The van der Waals surface area contributed by atoms with Gasteiger partial charge in [-0.05, 0) is 31.3 Å². The number of rotatable bonds is 3. The van der Waals surface area contributed by atoms with Crippen LogP contribution in [0.3, 0.4) is 0 Å². The maximum Gasteiger partial charge on any atom is 0.0192 e. The molecule has 3 atom stereocenters. The van der Waals surface area contributed by atoms with E-state index >= 15 is 0 Å². The molecule has 1 aliphatic heterocycles. The summed E-state index contributed by atoms with van der Waals surface area (Å²) in [6, 6.07) is 0.180. The molecule has 0 bridgehead atoms. The maximum absolute atomic E-state index is 5.84. The largest absolute Gasteiger partial charge is 0.329 e. The highest BCUT2D eigenvalue weighted by molar-refractivity contribution is 4.82. The van der Waals surface area contributed by atoms with Crippen LogP contribution in [0.1, 0.15) is 13.3 Å². The highest BCUT2D eigenvalue weighted by Crippen LogP contribution is 2.20. The van der Waals surface area contributed by atoms with E-state index in [-0.39, 0.29) is 6.04 Å². The summed E-state index contributed by atoms with van der Waals surface area (Å²) >= 11 is 0. The molecule has 0 aromatic carbocycles. The average molecular weight is 157 g/mol. The Kier molecular flexibility index (Phi) is 3.30. The van der Waals surface area contributed by atoms with Gasteiger partial charge in [0.15, 0.2) is 0 Å². The van der Waals surface area contributed by atoms with E-state index in [0.717, 1.165) is 19.0 Å². The molecular formula is C8H19N3. The van der Waals surface area contributed by atoms with Crippen LogP contribution in [0, 0.1) is 11.8 Å². The zero-order valence-corrected chi connectivity index (χ0v) is 7.22. The summed E-state index contributed by atoms with van der Waals surface area (Å²) < 4.78 is 0. The first-order valence-electron chi connectivity index (χ1n) is 4.42. The van der Waals surface area contributed by atoms with Crippen LogP contribution < -0.4 is 16.8 Å². The third-order valence-corrected chi connectivity index (χ3v) is 2.79. The van der Waals surface area contributed by atoms with Crippen LogP contribution in [0.15, 0.2) is 0 Å². The van der Waals surface area contributed by atoms with Crippen molar-refractivity contribution in [2.45, 2.75) is 19.4 Å². The second-order valence-electron chi connectivity index (χ2n) is 3.51. The molecule has 0 aromatic rings. The minimum absolute atomic E-state index is 0.180. The van der Waals surface area contributed by atoms with Crippen LogP contribution in [-0.4, -0.2) is 25.7 Å². The Labute approximate surface area is 68.5 Å². The van der Waals surface area contributed by atoms with Crippen molar-refractivity contribution in [2.24, 2.45) is 23.3 Å². The van der Waals surface area contributed by atoms with E-state index in [9.17, 15) is 0 Å². The number of nitrogens with two attached hydrogens (primary N) is 2. The summed E-state index contributed by atoms with van der Waals surface area (Å²) in [4.78, 5) is 0. The van der Waals surface area contributed by atoms with Crippen molar-refractivity contribution in [3.8, 4) is 0 Å². The normalized spacial score (nSPS) is 30.3. The predicted molar refractivity (Wildman–Crippen MR) is 47.2 cm³/mol. The fourth-order valence-corrected chi connectivity index (χ4v) is 1.69. The minimum atomic E-state index is 0.180. The zero-order valence-electron chi connectivity index (χ0n) is 7.22. The summed E-state index contributed by atoms with van der Waals surface area (Å²) in [5.74, 6) is 1.31. The fourth-order valence-electron chi connectivity index (χ4n) is 1.69. The van der Waals surface area contributed by atoms with Crippen molar-refractivity contribution in [1.29, 1.82) is 0 Å². The molecule has 0 amide bonds. The van der Waals surface area contributed by atoms with Gasteiger partial charge in [0.1, 0.15) is 0 Å². The molecule has 0 radical (unpaired) electrons. The van der Waals surface area contributed by atoms with E-state index in [1.807, 2.05) is 0 Å². The molecule has 1 saturated heterocycles. The molecule has 1 heterocycles. The quantitative estimate of drug-likeness (QED) is 0.518. The molecule has 5 N–H and O–H groups in total. The first kappa shape index (κ1) is 8.97. The van der Waals surface area contributed by atoms with Crippen molar-refractivity contribution in [2.75, 3.05) is 19.6 Å². The van der Waals surface area contributed by atoms with Gasteiger partial charge in [-0.2, -0.15) is 0 Å². The summed E-state index contributed by atoms with van der Waals surface area (Å²) in [5, 5.41) is 3.34. The van der Waals surface area contributed by atoms with Gasteiger partial charge < -0.3 is 16.8 Å². The van der Waals surface area contributed by atoms with E-state index < -0.39 is 0 Å². The van der Waals surface area contributed by atoms with Gasteiger partial charge in [-0.3, -0.25) is 0 Å². The van der Waals surface area contributed by atoms with Gasteiger partial charge in [-0.15, -0.1) is 0 Å². The SMILES string of the molecule is CC(C(N)CN)C1CCNC1. The molecule has 1 fully saturated rings. The molecule has 0 aliphatic carbocycles. The number of hydrogen-bond donors (Lipinski definition) is 3.